The van der Waals surface area contributed by atoms with E-state index in [9.17, 15) is 9.59 Å². The maximum absolute atomic E-state index is 12.5. The Kier molecular flexibility index (Phi) is 4.50. The molecule has 24 heavy (non-hydrogen) atoms. The minimum Gasteiger partial charge on any atom is -0.484 e. The van der Waals surface area contributed by atoms with E-state index in [1.807, 2.05) is 31.2 Å². The van der Waals surface area contributed by atoms with Crippen molar-refractivity contribution in [3.63, 3.8) is 0 Å². The average molecular weight is 328 g/mol. The van der Waals surface area contributed by atoms with Crippen LogP contribution in [-0.4, -0.2) is 40.8 Å². The fraction of sp³-hybridized carbons (Fsp3) is 0.353. The Morgan fingerprint density at radius 2 is 2.12 bits per heavy atom. The van der Waals surface area contributed by atoms with Crippen LogP contribution in [0.2, 0.25) is 0 Å². The molecule has 1 fully saturated rings. The average Bonchev–Trinajstić information content (AvgIpc) is 3.08. The molecule has 2 heterocycles. The van der Waals surface area contributed by atoms with Crippen molar-refractivity contribution in [2.45, 2.75) is 19.4 Å². The van der Waals surface area contributed by atoms with Gasteiger partial charge in [0.25, 0.3) is 11.8 Å². The first kappa shape index (κ1) is 16.0. The highest BCUT2D eigenvalue weighted by molar-refractivity contribution is 6.00. The first-order valence-corrected chi connectivity index (χ1v) is 7.84. The molecule has 1 aromatic heterocycles. The van der Waals surface area contributed by atoms with Gasteiger partial charge >= 0.3 is 0 Å². The van der Waals surface area contributed by atoms with Crippen molar-refractivity contribution in [1.29, 1.82) is 0 Å². The Balaban J connectivity index is 1.55. The number of aromatic nitrogens is 2. The maximum atomic E-state index is 12.5. The molecule has 0 saturated carbocycles. The molecular weight excluding hydrogens is 308 g/mol. The molecule has 7 heteroatoms. The lowest BCUT2D eigenvalue weighted by atomic mass is 10.2. The molecule has 1 unspecified atom stereocenters. The lowest BCUT2D eigenvalue weighted by molar-refractivity contribution is -0.127. The summed E-state index contributed by atoms with van der Waals surface area (Å²) in [6, 6.07) is 10.4. The highest BCUT2D eigenvalue weighted by atomic mass is 16.5. The van der Waals surface area contributed by atoms with Gasteiger partial charge in [0.05, 0.1) is 5.69 Å². The van der Waals surface area contributed by atoms with Crippen LogP contribution < -0.4 is 15.0 Å². The van der Waals surface area contributed by atoms with E-state index in [1.165, 1.54) is 0 Å². The van der Waals surface area contributed by atoms with Crippen molar-refractivity contribution in [1.82, 2.24) is 15.1 Å². The second-order valence-corrected chi connectivity index (χ2v) is 5.77. The minimum absolute atomic E-state index is 0.112. The van der Waals surface area contributed by atoms with Crippen LogP contribution in [0.3, 0.4) is 0 Å². The zero-order valence-corrected chi connectivity index (χ0v) is 13.7. The SMILES string of the molecule is Cc1cc(N2CCC(NC(=O)COc3ccccc3)C2=O)n(C)n1. The number of amides is 2. The number of aryl methyl sites for hydroxylation is 2. The Morgan fingerprint density at radius 3 is 2.79 bits per heavy atom. The van der Waals surface area contributed by atoms with Gasteiger partial charge in [-0.1, -0.05) is 18.2 Å². The quantitative estimate of drug-likeness (QED) is 0.889. The van der Waals surface area contributed by atoms with E-state index < -0.39 is 6.04 Å². The predicted molar refractivity (Wildman–Crippen MR) is 88.8 cm³/mol. The van der Waals surface area contributed by atoms with Gasteiger partial charge in [-0.3, -0.25) is 19.2 Å². The van der Waals surface area contributed by atoms with Crippen LogP contribution in [0.5, 0.6) is 5.75 Å². The molecule has 1 atom stereocenters. The highest BCUT2D eigenvalue weighted by Gasteiger charge is 2.35. The van der Waals surface area contributed by atoms with Gasteiger partial charge in [-0.15, -0.1) is 0 Å². The van der Waals surface area contributed by atoms with Crippen LogP contribution in [0.15, 0.2) is 36.4 Å². The summed E-state index contributed by atoms with van der Waals surface area (Å²) in [5.41, 5.74) is 0.851. The van der Waals surface area contributed by atoms with E-state index in [4.69, 9.17) is 4.74 Å². The van der Waals surface area contributed by atoms with Crippen molar-refractivity contribution in [2.24, 2.45) is 7.05 Å². The summed E-state index contributed by atoms with van der Waals surface area (Å²) in [6.45, 7) is 2.32. The molecule has 1 aliphatic heterocycles. The van der Waals surface area contributed by atoms with Crippen molar-refractivity contribution in [3.05, 3.63) is 42.1 Å². The molecule has 126 valence electrons. The van der Waals surface area contributed by atoms with Gasteiger partial charge in [-0.05, 0) is 25.5 Å². The topological polar surface area (TPSA) is 76.5 Å². The number of hydrogen-bond donors (Lipinski definition) is 1. The number of anilines is 1. The fourth-order valence-electron chi connectivity index (χ4n) is 2.79. The van der Waals surface area contributed by atoms with E-state index in [2.05, 4.69) is 10.4 Å². The molecule has 0 radical (unpaired) electrons. The molecule has 1 aliphatic rings. The van der Waals surface area contributed by atoms with Crippen molar-refractivity contribution >= 4 is 17.6 Å². The zero-order chi connectivity index (χ0) is 17.1. The first-order chi connectivity index (χ1) is 11.5. The molecule has 2 amide bonds. The molecular formula is C17H20N4O3. The summed E-state index contributed by atoms with van der Waals surface area (Å²) >= 11 is 0. The Morgan fingerprint density at radius 1 is 1.38 bits per heavy atom. The van der Waals surface area contributed by atoms with Crippen LogP contribution in [0.4, 0.5) is 5.82 Å². The number of benzene rings is 1. The minimum atomic E-state index is -0.521. The largest absolute Gasteiger partial charge is 0.484 e. The number of carbonyl (C=O) groups is 2. The van der Waals surface area contributed by atoms with E-state index in [0.717, 1.165) is 11.5 Å². The molecule has 1 N–H and O–H groups in total. The molecule has 0 bridgehead atoms. The highest BCUT2D eigenvalue weighted by Crippen LogP contribution is 2.22. The maximum Gasteiger partial charge on any atom is 0.258 e. The van der Waals surface area contributed by atoms with Crippen LogP contribution in [0, 0.1) is 6.92 Å². The number of ether oxygens (including phenoxy) is 1. The first-order valence-electron chi connectivity index (χ1n) is 7.84. The summed E-state index contributed by atoms with van der Waals surface area (Å²) in [4.78, 5) is 26.2. The third-order valence-electron chi connectivity index (χ3n) is 3.91. The van der Waals surface area contributed by atoms with Crippen molar-refractivity contribution in [3.8, 4) is 5.75 Å². The summed E-state index contributed by atoms with van der Waals surface area (Å²) in [6.07, 6.45) is 0.570. The number of rotatable bonds is 5. The molecule has 3 rings (SSSR count). The van der Waals surface area contributed by atoms with E-state index in [-0.39, 0.29) is 18.4 Å². The molecule has 0 aliphatic carbocycles. The van der Waals surface area contributed by atoms with Gasteiger partial charge < -0.3 is 10.1 Å². The van der Waals surface area contributed by atoms with Crippen LogP contribution in [-0.2, 0) is 16.6 Å². The molecule has 2 aromatic rings. The Bertz CT molecular complexity index is 742. The van der Waals surface area contributed by atoms with Gasteiger partial charge in [0, 0.05) is 19.7 Å². The predicted octanol–water partition coefficient (Wildman–Crippen LogP) is 1.03. The lowest BCUT2D eigenvalue weighted by Crippen LogP contribution is -2.43. The van der Waals surface area contributed by atoms with Gasteiger partial charge in [0.2, 0.25) is 0 Å². The number of hydrogen-bond acceptors (Lipinski definition) is 4. The third-order valence-corrected chi connectivity index (χ3v) is 3.91. The molecule has 1 saturated heterocycles. The third kappa shape index (κ3) is 3.40. The van der Waals surface area contributed by atoms with Gasteiger partial charge in [-0.2, -0.15) is 5.10 Å². The Hall–Kier alpha value is -2.83. The molecule has 0 spiro atoms. The number of carbonyl (C=O) groups excluding carboxylic acids is 2. The standard InChI is InChI=1S/C17H20N4O3/c1-12-10-16(20(2)19-12)21-9-8-14(17(21)23)18-15(22)11-24-13-6-4-3-5-7-13/h3-7,10,14H,8-9,11H2,1-2H3,(H,18,22). The fourth-order valence-corrected chi connectivity index (χ4v) is 2.79. The second kappa shape index (κ2) is 6.74. The summed E-state index contributed by atoms with van der Waals surface area (Å²) < 4.78 is 7.07. The van der Waals surface area contributed by atoms with Crippen LogP contribution in [0.1, 0.15) is 12.1 Å². The monoisotopic (exact) mass is 328 g/mol. The van der Waals surface area contributed by atoms with E-state index in [0.29, 0.717) is 18.7 Å². The van der Waals surface area contributed by atoms with Gasteiger partial charge in [-0.25, -0.2) is 0 Å². The second-order valence-electron chi connectivity index (χ2n) is 5.77. The van der Waals surface area contributed by atoms with Gasteiger partial charge in [0.1, 0.15) is 17.6 Å². The normalized spacial score (nSPS) is 17.2. The summed E-state index contributed by atoms with van der Waals surface area (Å²) in [5.74, 6) is 0.943. The number of nitrogens with one attached hydrogen (secondary N) is 1. The molecule has 7 nitrogen and oxygen atoms in total. The smallest absolute Gasteiger partial charge is 0.258 e. The lowest BCUT2D eigenvalue weighted by Gasteiger charge is -2.17. The number of para-hydroxylation sites is 1. The van der Waals surface area contributed by atoms with Crippen molar-refractivity contribution in [2.75, 3.05) is 18.1 Å². The zero-order valence-electron chi connectivity index (χ0n) is 13.7. The van der Waals surface area contributed by atoms with E-state index in [1.54, 1.807) is 28.8 Å². The van der Waals surface area contributed by atoms with Crippen LogP contribution in [0.25, 0.3) is 0 Å². The summed E-state index contributed by atoms with van der Waals surface area (Å²) in [7, 11) is 1.80. The Labute approximate surface area is 140 Å². The summed E-state index contributed by atoms with van der Waals surface area (Å²) in [5, 5.41) is 6.99. The van der Waals surface area contributed by atoms with Crippen LogP contribution >= 0.6 is 0 Å². The molecule has 1 aromatic carbocycles. The van der Waals surface area contributed by atoms with Gasteiger partial charge in [0.15, 0.2) is 6.61 Å². The number of nitrogens with zero attached hydrogens (tertiary/aromatic N) is 3. The van der Waals surface area contributed by atoms with Crippen molar-refractivity contribution < 1.29 is 14.3 Å². The van der Waals surface area contributed by atoms with E-state index >= 15 is 0 Å².